The Bertz CT molecular complexity index is 950. The zero-order valence-electron chi connectivity index (χ0n) is 22.5. The maximum absolute atomic E-state index is 13.1. The van der Waals surface area contributed by atoms with Crippen molar-refractivity contribution >= 4 is 60.8 Å². The molecule has 39 heavy (non-hydrogen) atoms. The molecule has 6 unspecified atom stereocenters. The summed E-state index contributed by atoms with van der Waals surface area (Å²) in [5, 5.41) is 17.2. The van der Waals surface area contributed by atoms with Crippen molar-refractivity contribution in [3.05, 3.63) is 0 Å². The summed E-state index contributed by atoms with van der Waals surface area (Å²) in [6, 6.07) is -5.74. The van der Waals surface area contributed by atoms with E-state index in [1.165, 1.54) is 16.7 Å². The van der Waals surface area contributed by atoms with Gasteiger partial charge in [0, 0.05) is 24.6 Å². The van der Waals surface area contributed by atoms with E-state index in [0.29, 0.717) is 32.2 Å². The number of rotatable bonds is 12. The van der Waals surface area contributed by atoms with Crippen LogP contribution in [0.2, 0.25) is 0 Å². The summed E-state index contributed by atoms with van der Waals surface area (Å²) in [5.41, 5.74) is 5.69. The Kier molecular flexibility index (Phi) is 12.4. The summed E-state index contributed by atoms with van der Waals surface area (Å²) in [4.78, 5) is 78.6. The van der Waals surface area contributed by atoms with Crippen molar-refractivity contribution in [1.82, 2.24) is 25.8 Å². The van der Waals surface area contributed by atoms with E-state index in [0.717, 1.165) is 0 Å². The van der Waals surface area contributed by atoms with Gasteiger partial charge in [0.1, 0.15) is 30.2 Å². The largest absolute Gasteiger partial charge is 0.480 e. The summed E-state index contributed by atoms with van der Waals surface area (Å²) in [6.45, 7) is 5.64. The maximum Gasteiger partial charge on any atom is 0.326 e. The van der Waals surface area contributed by atoms with Crippen molar-refractivity contribution in [2.75, 3.05) is 24.6 Å². The van der Waals surface area contributed by atoms with E-state index in [1.807, 2.05) is 0 Å². The molecule has 5 amide bonds. The molecule has 15 heteroatoms. The van der Waals surface area contributed by atoms with Crippen LogP contribution < -0.4 is 21.7 Å². The van der Waals surface area contributed by atoms with E-state index in [4.69, 9.17) is 5.73 Å². The van der Waals surface area contributed by atoms with Crippen LogP contribution in [-0.2, 0) is 28.8 Å². The summed E-state index contributed by atoms with van der Waals surface area (Å²) >= 11 is 8.33. The molecule has 0 aromatic carbocycles. The zero-order chi connectivity index (χ0) is 29.4. The van der Waals surface area contributed by atoms with Gasteiger partial charge < -0.3 is 36.6 Å². The monoisotopic (exact) mass is 588 g/mol. The van der Waals surface area contributed by atoms with E-state index < -0.39 is 65.8 Å². The number of carbonyl (C=O) groups excluding carboxylic acids is 5. The number of carboxylic acid groups (broad SMARTS) is 1. The second-order valence-electron chi connectivity index (χ2n) is 10.2. The normalized spacial score (nSPS) is 22.1. The lowest BCUT2D eigenvalue weighted by Gasteiger charge is -2.31. The summed E-state index contributed by atoms with van der Waals surface area (Å²) < 4.78 is 0. The number of carboxylic acids is 1. The first-order chi connectivity index (χ1) is 18.3. The Balaban J connectivity index is 2.05. The predicted molar refractivity (Wildman–Crippen MR) is 149 cm³/mol. The van der Waals surface area contributed by atoms with Crippen LogP contribution in [0.4, 0.5) is 0 Å². The first-order valence-corrected chi connectivity index (χ1v) is 14.3. The van der Waals surface area contributed by atoms with E-state index in [2.05, 4.69) is 41.2 Å². The van der Waals surface area contributed by atoms with Gasteiger partial charge in [-0.1, -0.05) is 13.8 Å². The number of carbonyl (C=O) groups is 6. The molecule has 2 aliphatic heterocycles. The van der Waals surface area contributed by atoms with E-state index >= 15 is 0 Å². The molecule has 0 saturated carbocycles. The van der Waals surface area contributed by atoms with Gasteiger partial charge in [-0.15, -0.1) is 0 Å². The Morgan fingerprint density at radius 1 is 0.821 bits per heavy atom. The average Bonchev–Trinajstić information content (AvgIpc) is 3.57. The minimum atomic E-state index is -1.15. The highest BCUT2D eigenvalue weighted by atomic mass is 32.1. The highest BCUT2D eigenvalue weighted by Crippen LogP contribution is 2.21. The molecule has 2 heterocycles. The summed E-state index contributed by atoms with van der Waals surface area (Å²) in [5.74, 6) is -4.39. The molecule has 13 nitrogen and oxygen atoms in total. The van der Waals surface area contributed by atoms with Gasteiger partial charge in [0.25, 0.3) is 0 Å². The van der Waals surface area contributed by atoms with Gasteiger partial charge in [-0.2, -0.15) is 25.3 Å². The van der Waals surface area contributed by atoms with Gasteiger partial charge in [0.05, 0.1) is 6.04 Å². The molecule has 2 rings (SSSR count). The molecule has 2 saturated heterocycles. The number of nitrogens with two attached hydrogens (primary N) is 1. The molecule has 0 radical (unpaired) electrons. The molecule has 0 bridgehead atoms. The molecule has 220 valence electrons. The van der Waals surface area contributed by atoms with Gasteiger partial charge in [-0.25, -0.2) is 4.79 Å². The van der Waals surface area contributed by atoms with Crippen LogP contribution >= 0.6 is 25.3 Å². The van der Waals surface area contributed by atoms with Crippen LogP contribution in [0.25, 0.3) is 0 Å². The SMILES string of the molecule is CC(N)C(=O)N1CCCC1C(=O)NC(CS)C(=O)NC(CS)C(=O)NC(C(=O)N1CCCC1C(=O)O)C(C)C. The Morgan fingerprint density at radius 3 is 1.79 bits per heavy atom. The third-order valence-electron chi connectivity index (χ3n) is 6.91. The van der Waals surface area contributed by atoms with Crippen LogP contribution in [0.5, 0.6) is 0 Å². The highest BCUT2D eigenvalue weighted by Gasteiger charge is 2.40. The Morgan fingerprint density at radius 2 is 1.31 bits per heavy atom. The molecule has 0 aromatic heterocycles. The van der Waals surface area contributed by atoms with Crippen LogP contribution in [-0.4, -0.2) is 111 Å². The summed E-state index contributed by atoms with van der Waals surface area (Å²) in [6.07, 6.45) is 1.93. The van der Waals surface area contributed by atoms with Gasteiger partial charge >= 0.3 is 5.97 Å². The number of likely N-dealkylation sites (tertiary alicyclic amines) is 2. The van der Waals surface area contributed by atoms with Crippen molar-refractivity contribution in [2.45, 2.75) is 82.7 Å². The fraction of sp³-hybridized carbons (Fsp3) is 0.750. The van der Waals surface area contributed by atoms with Crippen LogP contribution in [0.3, 0.4) is 0 Å². The smallest absolute Gasteiger partial charge is 0.326 e. The summed E-state index contributed by atoms with van der Waals surface area (Å²) in [7, 11) is 0. The lowest BCUT2D eigenvalue weighted by molar-refractivity contribution is -0.150. The second-order valence-corrected chi connectivity index (χ2v) is 11.0. The number of thiol groups is 2. The molecular weight excluding hydrogens is 548 g/mol. The molecular formula is C24H40N6O7S2. The fourth-order valence-electron chi connectivity index (χ4n) is 4.73. The Labute approximate surface area is 239 Å². The molecule has 0 aromatic rings. The number of hydrogen-bond acceptors (Lipinski definition) is 9. The first-order valence-electron chi connectivity index (χ1n) is 13.1. The van der Waals surface area contributed by atoms with Crippen molar-refractivity contribution in [1.29, 1.82) is 0 Å². The first kappa shape index (κ1) is 32.7. The van der Waals surface area contributed by atoms with E-state index in [9.17, 15) is 33.9 Å². The lowest BCUT2D eigenvalue weighted by atomic mass is 10.0. The highest BCUT2D eigenvalue weighted by molar-refractivity contribution is 7.80. The second kappa shape index (κ2) is 14.7. The number of hydrogen-bond donors (Lipinski definition) is 7. The standard InChI is InChI=1S/C24H40N6O7S2/c1-12(2)18(23(35)30-9-5-7-17(30)24(36)37)28-20(32)15(11-39)26-19(31)14(10-38)27-21(33)16-6-4-8-29(16)22(34)13(3)25/h12-18,38-39H,4-11,25H2,1-3H3,(H,26,31)(H,27,33)(H,28,32)(H,36,37). The van der Waals surface area contributed by atoms with Gasteiger partial charge in [-0.3, -0.25) is 24.0 Å². The Hall–Kier alpha value is -2.52. The average molecular weight is 589 g/mol. The quantitative estimate of drug-likeness (QED) is 0.132. The van der Waals surface area contributed by atoms with Crippen molar-refractivity contribution in [2.24, 2.45) is 11.7 Å². The molecule has 2 aliphatic rings. The number of amides is 5. The minimum Gasteiger partial charge on any atom is -0.480 e. The zero-order valence-corrected chi connectivity index (χ0v) is 24.3. The van der Waals surface area contributed by atoms with Crippen molar-refractivity contribution < 1.29 is 33.9 Å². The van der Waals surface area contributed by atoms with Gasteiger partial charge in [0.2, 0.25) is 29.5 Å². The third kappa shape index (κ3) is 8.24. The lowest BCUT2D eigenvalue weighted by Crippen LogP contribution is -2.60. The van der Waals surface area contributed by atoms with Crippen LogP contribution in [0.1, 0.15) is 46.5 Å². The number of nitrogens with one attached hydrogen (secondary N) is 3. The van der Waals surface area contributed by atoms with Gasteiger partial charge in [0.15, 0.2) is 0 Å². The van der Waals surface area contributed by atoms with E-state index in [-0.39, 0.29) is 29.9 Å². The van der Waals surface area contributed by atoms with Gasteiger partial charge in [-0.05, 0) is 38.5 Å². The number of aliphatic carboxylic acids is 1. The molecule has 0 spiro atoms. The molecule has 6 atom stereocenters. The fourth-order valence-corrected chi connectivity index (χ4v) is 5.24. The van der Waals surface area contributed by atoms with Crippen LogP contribution in [0.15, 0.2) is 0 Å². The topological polar surface area (TPSA) is 191 Å². The third-order valence-corrected chi connectivity index (χ3v) is 7.64. The minimum absolute atomic E-state index is 0.0783. The van der Waals surface area contributed by atoms with Crippen molar-refractivity contribution in [3.8, 4) is 0 Å². The predicted octanol–water partition coefficient (Wildman–Crippen LogP) is -1.63. The van der Waals surface area contributed by atoms with E-state index in [1.54, 1.807) is 13.8 Å². The molecule has 0 aliphatic carbocycles. The van der Waals surface area contributed by atoms with Crippen LogP contribution in [0, 0.1) is 5.92 Å². The molecule has 6 N–H and O–H groups in total. The van der Waals surface area contributed by atoms with Crippen molar-refractivity contribution in [3.63, 3.8) is 0 Å². The maximum atomic E-state index is 13.1. The molecule has 2 fully saturated rings. The number of nitrogens with zero attached hydrogens (tertiary/aromatic N) is 2.